The number of rotatable bonds is 4. The van der Waals surface area contributed by atoms with E-state index in [1.807, 2.05) is 23.0 Å². The fraction of sp³-hybridized carbons (Fsp3) is 0.421. The molecule has 1 N–H and O–H groups in total. The Bertz CT molecular complexity index is 1020. The third-order valence-electron chi connectivity index (χ3n) is 5.35. The van der Waals surface area contributed by atoms with Crippen molar-refractivity contribution < 1.29 is 9.32 Å². The Hall–Kier alpha value is -2.94. The molecule has 0 radical (unpaired) electrons. The van der Waals surface area contributed by atoms with E-state index in [0.29, 0.717) is 41.3 Å². The van der Waals surface area contributed by atoms with E-state index in [4.69, 9.17) is 16.1 Å². The van der Waals surface area contributed by atoms with Gasteiger partial charge in [-0.1, -0.05) is 34.1 Å². The molecule has 0 unspecified atom stereocenters. The van der Waals surface area contributed by atoms with Crippen molar-refractivity contribution in [2.75, 3.05) is 18.4 Å². The molecule has 1 aliphatic heterocycles. The van der Waals surface area contributed by atoms with E-state index >= 15 is 0 Å². The van der Waals surface area contributed by atoms with Crippen LogP contribution in [0.2, 0.25) is 5.02 Å². The first-order chi connectivity index (χ1) is 14.2. The number of likely N-dealkylation sites (tertiary alicyclic amines) is 1. The first kappa shape index (κ1) is 18.1. The number of aromatic nitrogens is 5. The van der Waals surface area contributed by atoms with Crippen molar-refractivity contribution in [1.82, 2.24) is 30.0 Å². The molecular weight excluding hydrogens is 394 g/mol. The Balaban J connectivity index is 1.19. The maximum atomic E-state index is 12.5. The number of nitrogens with zero attached hydrogens (tertiary/aromatic N) is 6. The van der Waals surface area contributed by atoms with E-state index in [1.165, 1.54) is 0 Å². The lowest BCUT2D eigenvalue weighted by Gasteiger charge is -2.31. The van der Waals surface area contributed by atoms with Gasteiger partial charge >= 0.3 is 6.03 Å². The molecule has 0 spiro atoms. The van der Waals surface area contributed by atoms with Crippen LogP contribution in [0.25, 0.3) is 11.6 Å². The molecule has 2 aromatic heterocycles. The lowest BCUT2D eigenvalue weighted by Crippen LogP contribution is -2.41. The number of hydrogen-bond acceptors (Lipinski definition) is 6. The molecule has 2 amide bonds. The van der Waals surface area contributed by atoms with Crippen LogP contribution in [0.1, 0.15) is 43.5 Å². The molecule has 150 valence electrons. The number of carbonyl (C=O) groups excluding carboxylic acids is 1. The summed E-state index contributed by atoms with van der Waals surface area (Å²) >= 11 is 6.12. The second-order valence-corrected chi connectivity index (χ2v) is 7.85. The van der Waals surface area contributed by atoms with E-state index in [0.717, 1.165) is 31.5 Å². The number of benzene rings is 1. The molecule has 1 saturated carbocycles. The summed E-state index contributed by atoms with van der Waals surface area (Å²) in [6.07, 6.45) is 5.66. The van der Waals surface area contributed by atoms with Crippen LogP contribution in [-0.4, -0.2) is 49.2 Å². The first-order valence-electron chi connectivity index (χ1n) is 9.73. The van der Waals surface area contributed by atoms with E-state index in [1.54, 1.807) is 17.0 Å². The lowest BCUT2D eigenvalue weighted by atomic mass is 10.1. The van der Waals surface area contributed by atoms with E-state index in [9.17, 15) is 4.79 Å². The van der Waals surface area contributed by atoms with E-state index in [-0.39, 0.29) is 12.1 Å². The SMILES string of the molecule is O=C(Nc1ccccc1Cl)N1CCC(n2cc(-c3nc(C4CC4)no3)nn2)CC1. The quantitative estimate of drug-likeness (QED) is 0.699. The molecule has 2 aliphatic rings. The van der Waals surface area contributed by atoms with Crippen LogP contribution < -0.4 is 5.32 Å². The Labute approximate surface area is 172 Å². The van der Waals surface area contributed by atoms with Crippen molar-refractivity contribution in [3.8, 4) is 11.6 Å². The van der Waals surface area contributed by atoms with Crippen molar-refractivity contribution >= 4 is 23.3 Å². The maximum absolute atomic E-state index is 12.5. The number of para-hydroxylation sites is 1. The normalized spacial score (nSPS) is 17.5. The average Bonchev–Trinajstić information content (AvgIpc) is 3.27. The highest BCUT2D eigenvalue weighted by Gasteiger charge is 2.30. The van der Waals surface area contributed by atoms with Crippen molar-refractivity contribution in [3.05, 3.63) is 41.3 Å². The van der Waals surface area contributed by atoms with Gasteiger partial charge in [-0.2, -0.15) is 4.98 Å². The second-order valence-electron chi connectivity index (χ2n) is 7.44. The fourth-order valence-corrected chi connectivity index (χ4v) is 3.67. The summed E-state index contributed by atoms with van der Waals surface area (Å²) in [7, 11) is 0. The van der Waals surface area contributed by atoms with Crippen LogP contribution in [0.15, 0.2) is 35.0 Å². The van der Waals surface area contributed by atoms with Gasteiger partial charge in [0.25, 0.3) is 5.89 Å². The third kappa shape index (κ3) is 3.82. The predicted octanol–water partition coefficient (Wildman–Crippen LogP) is 3.73. The molecule has 1 saturated heterocycles. The minimum Gasteiger partial charge on any atom is -0.332 e. The molecule has 9 nitrogen and oxygen atoms in total. The number of nitrogens with one attached hydrogen (secondary N) is 1. The number of halogens is 1. The molecule has 10 heteroatoms. The smallest absolute Gasteiger partial charge is 0.321 e. The lowest BCUT2D eigenvalue weighted by molar-refractivity contribution is 0.179. The summed E-state index contributed by atoms with van der Waals surface area (Å²) in [5.41, 5.74) is 1.20. The molecule has 1 aliphatic carbocycles. The van der Waals surface area contributed by atoms with Crippen LogP contribution in [0, 0.1) is 0 Å². The molecule has 1 aromatic carbocycles. The summed E-state index contributed by atoms with van der Waals surface area (Å²) in [6, 6.07) is 7.24. The minimum atomic E-state index is -0.144. The Morgan fingerprint density at radius 1 is 1.17 bits per heavy atom. The number of piperidine rings is 1. The number of anilines is 1. The van der Waals surface area contributed by atoms with Crippen LogP contribution in [0.5, 0.6) is 0 Å². The Morgan fingerprint density at radius 2 is 1.97 bits per heavy atom. The molecule has 29 heavy (non-hydrogen) atoms. The van der Waals surface area contributed by atoms with E-state index < -0.39 is 0 Å². The number of carbonyl (C=O) groups is 1. The third-order valence-corrected chi connectivity index (χ3v) is 5.68. The summed E-state index contributed by atoms with van der Waals surface area (Å²) in [5.74, 6) is 1.60. The molecule has 3 heterocycles. The highest BCUT2D eigenvalue weighted by atomic mass is 35.5. The molecular formula is C19H20ClN7O2. The summed E-state index contributed by atoms with van der Waals surface area (Å²) in [6.45, 7) is 1.26. The zero-order chi connectivity index (χ0) is 19.8. The van der Waals surface area contributed by atoms with Crippen LogP contribution >= 0.6 is 11.6 Å². The number of urea groups is 1. The van der Waals surface area contributed by atoms with Crippen molar-refractivity contribution in [1.29, 1.82) is 0 Å². The van der Waals surface area contributed by atoms with Crippen molar-refractivity contribution in [2.24, 2.45) is 0 Å². The van der Waals surface area contributed by atoms with Gasteiger partial charge in [-0.05, 0) is 37.8 Å². The minimum absolute atomic E-state index is 0.144. The van der Waals surface area contributed by atoms with Gasteiger partial charge in [0.05, 0.1) is 22.9 Å². The van der Waals surface area contributed by atoms with Gasteiger partial charge in [0.1, 0.15) is 0 Å². The van der Waals surface area contributed by atoms with Gasteiger partial charge in [0, 0.05) is 19.0 Å². The van der Waals surface area contributed by atoms with Crippen molar-refractivity contribution in [2.45, 2.75) is 37.6 Å². The van der Waals surface area contributed by atoms with Crippen LogP contribution in [0.4, 0.5) is 10.5 Å². The zero-order valence-corrected chi connectivity index (χ0v) is 16.4. The fourth-order valence-electron chi connectivity index (χ4n) is 3.49. The Kier molecular flexibility index (Phi) is 4.67. The summed E-state index contributed by atoms with van der Waals surface area (Å²) < 4.78 is 7.15. The first-order valence-corrected chi connectivity index (χ1v) is 10.1. The van der Waals surface area contributed by atoms with Crippen LogP contribution in [-0.2, 0) is 0 Å². The van der Waals surface area contributed by atoms with E-state index in [2.05, 4.69) is 25.8 Å². The predicted molar refractivity (Wildman–Crippen MR) is 106 cm³/mol. The highest BCUT2D eigenvalue weighted by Crippen LogP contribution is 2.38. The van der Waals surface area contributed by atoms with Gasteiger partial charge in [0.2, 0.25) is 0 Å². The molecule has 0 bridgehead atoms. The van der Waals surface area contributed by atoms with Gasteiger partial charge in [-0.25, -0.2) is 9.48 Å². The van der Waals surface area contributed by atoms with Gasteiger partial charge < -0.3 is 14.7 Å². The number of amides is 2. The largest absolute Gasteiger partial charge is 0.332 e. The monoisotopic (exact) mass is 413 g/mol. The highest BCUT2D eigenvalue weighted by molar-refractivity contribution is 6.33. The molecule has 5 rings (SSSR count). The maximum Gasteiger partial charge on any atom is 0.321 e. The molecule has 0 atom stereocenters. The van der Waals surface area contributed by atoms with Gasteiger partial charge in [0.15, 0.2) is 11.5 Å². The molecule has 2 fully saturated rings. The standard InChI is InChI=1S/C19H20ClN7O2/c20-14-3-1-2-4-15(14)21-19(28)26-9-7-13(8-10-26)27-11-16(23-25-27)18-22-17(24-29-18)12-5-6-12/h1-4,11-13H,5-10H2,(H,21,28). The van der Waals surface area contributed by atoms with Gasteiger partial charge in [-0.15, -0.1) is 5.10 Å². The zero-order valence-electron chi connectivity index (χ0n) is 15.7. The molecule has 3 aromatic rings. The Morgan fingerprint density at radius 3 is 2.72 bits per heavy atom. The summed E-state index contributed by atoms with van der Waals surface area (Å²) in [4.78, 5) is 18.7. The van der Waals surface area contributed by atoms with Gasteiger partial charge in [-0.3, -0.25) is 0 Å². The average molecular weight is 414 g/mol. The topological polar surface area (TPSA) is 102 Å². The van der Waals surface area contributed by atoms with Crippen LogP contribution in [0.3, 0.4) is 0 Å². The van der Waals surface area contributed by atoms with Crippen molar-refractivity contribution in [3.63, 3.8) is 0 Å². The second kappa shape index (κ2) is 7.47. The number of hydrogen-bond donors (Lipinski definition) is 1. The summed E-state index contributed by atoms with van der Waals surface area (Å²) in [5, 5.41) is 15.8.